The third kappa shape index (κ3) is 5.14. The number of amides is 1. The Morgan fingerprint density at radius 3 is 2.19 bits per heavy atom. The van der Waals surface area contributed by atoms with E-state index in [2.05, 4.69) is 0 Å². The Morgan fingerprint density at radius 2 is 1.70 bits per heavy atom. The number of methoxy groups -OCH3 is 1. The van der Waals surface area contributed by atoms with E-state index in [1.807, 2.05) is 25.7 Å². The van der Waals surface area contributed by atoms with Gasteiger partial charge in [0.2, 0.25) is 0 Å². The van der Waals surface area contributed by atoms with Crippen molar-refractivity contribution >= 4 is 30.3 Å². The fourth-order valence-electron chi connectivity index (χ4n) is 2.97. The minimum Gasteiger partial charge on any atom is -0.465 e. The molecule has 1 aliphatic heterocycles. The first kappa shape index (κ1) is 21.0. The molecule has 1 aromatic rings. The number of rotatable bonds is 3. The topological polar surface area (TPSA) is 99.5 Å². The van der Waals surface area contributed by atoms with E-state index in [0.717, 1.165) is 0 Å². The van der Waals surface area contributed by atoms with Crippen LogP contribution in [0.1, 0.15) is 36.7 Å². The quantitative estimate of drug-likeness (QED) is 0.584. The van der Waals surface area contributed by atoms with E-state index in [1.54, 1.807) is 24.0 Å². The Balaban J connectivity index is 2.19. The van der Waals surface area contributed by atoms with Crippen molar-refractivity contribution in [3.8, 4) is 0 Å². The van der Waals surface area contributed by atoms with E-state index >= 15 is 0 Å². The lowest BCUT2D eigenvalue weighted by atomic mass is 9.75. The lowest BCUT2D eigenvalue weighted by molar-refractivity contribution is 0.0240. The first-order valence-corrected chi connectivity index (χ1v) is 8.85. The van der Waals surface area contributed by atoms with Crippen molar-refractivity contribution in [3.63, 3.8) is 0 Å². The van der Waals surface area contributed by atoms with Gasteiger partial charge >= 0.3 is 19.2 Å². The second-order valence-electron chi connectivity index (χ2n) is 7.53. The highest BCUT2D eigenvalue weighted by Crippen LogP contribution is 2.21. The lowest BCUT2D eigenvalue weighted by Gasteiger charge is -2.37. The summed E-state index contributed by atoms with van der Waals surface area (Å²) in [7, 11) is -0.417. The van der Waals surface area contributed by atoms with Crippen molar-refractivity contribution in [1.82, 2.24) is 4.90 Å². The fraction of sp³-hybridized carbons (Fsp3) is 0.556. The van der Waals surface area contributed by atoms with E-state index in [9.17, 15) is 19.6 Å². The van der Waals surface area contributed by atoms with E-state index < -0.39 is 18.7 Å². The van der Waals surface area contributed by atoms with Crippen LogP contribution in [0.2, 0.25) is 0 Å². The average Bonchev–Trinajstić information content (AvgIpc) is 2.59. The molecule has 9 heteroatoms. The summed E-state index contributed by atoms with van der Waals surface area (Å²) >= 11 is 0. The summed E-state index contributed by atoms with van der Waals surface area (Å²) in [5.41, 5.74) is 1.13. The summed E-state index contributed by atoms with van der Waals surface area (Å²) in [5, 5.41) is 19.3. The summed E-state index contributed by atoms with van der Waals surface area (Å²) < 4.78 is 10.2. The molecule has 0 unspecified atom stereocenters. The van der Waals surface area contributed by atoms with Crippen molar-refractivity contribution in [2.45, 2.75) is 33.3 Å². The van der Waals surface area contributed by atoms with E-state index in [4.69, 9.17) is 9.47 Å². The molecule has 2 rings (SSSR count). The maximum absolute atomic E-state index is 12.2. The van der Waals surface area contributed by atoms with E-state index in [-0.39, 0.29) is 17.1 Å². The minimum atomic E-state index is -1.70. The molecule has 0 bridgehead atoms. The van der Waals surface area contributed by atoms with Gasteiger partial charge in [0, 0.05) is 31.9 Å². The van der Waals surface area contributed by atoms with Crippen LogP contribution in [0.15, 0.2) is 12.1 Å². The number of carbonyl (C=O) groups excluding carboxylic acids is 2. The molecule has 1 fully saturated rings. The van der Waals surface area contributed by atoms with Crippen LogP contribution in [-0.2, 0) is 9.47 Å². The van der Waals surface area contributed by atoms with Crippen molar-refractivity contribution in [2.75, 3.05) is 38.2 Å². The highest BCUT2D eigenvalue weighted by Gasteiger charge is 2.28. The zero-order valence-electron chi connectivity index (χ0n) is 16.5. The third-order valence-electron chi connectivity index (χ3n) is 4.41. The lowest BCUT2D eigenvalue weighted by Crippen LogP contribution is -2.50. The molecule has 1 amide bonds. The molecular weight excluding hydrogens is 351 g/mol. The first-order chi connectivity index (χ1) is 12.5. The molecule has 1 aliphatic rings. The number of benzene rings is 1. The highest BCUT2D eigenvalue weighted by molar-refractivity contribution is 6.59. The second kappa shape index (κ2) is 8.18. The molecule has 27 heavy (non-hydrogen) atoms. The number of carbonyl (C=O) groups is 2. The van der Waals surface area contributed by atoms with Gasteiger partial charge in [-0.05, 0) is 50.9 Å². The average molecular weight is 378 g/mol. The van der Waals surface area contributed by atoms with Crippen molar-refractivity contribution < 1.29 is 29.1 Å². The van der Waals surface area contributed by atoms with Crippen molar-refractivity contribution in [2.24, 2.45) is 0 Å². The summed E-state index contributed by atoms with van der Waals surface area (Å²) in [6, 6.07) is 3.33. The highest BCUT2D eigenvalue weighted by atomic mass is 16.6. The van der Waals surface area contributed by atoms with Crippen molar-refractivity contribution in [3.05, 3.63) is 23.3 Å². The monoisotopic (exact) mass is 378 g/mol. The van der Waals surface area contributed by atoms with Crippen LogP contribution in [0.3, 0.4) is 0 Å². The number of hydrogen-bond donors (Lipinski definition) is 2. The first-order valence-electron chi connectivity index (χ1n) is 8.85. The summed E-state index contributed by atoms with van der Waals surface area (Å²) in [6.45, 7) is 9.11. The maximum atomic E-state index is 12.2. The predicted molar refractivity (Wildman–Crippen MR) is 102 cm³/mol. The van der Waals surface area contributed by atoms with Crippen LogP contribution in [0, 0.1) is 6.92 Å². The van der Waals surface area contributed by atoms with Gasteiger partial charge in [-0.1, -0.05) is 0 Å². The predicted octanol–water partition coefficient (Wildman–Crippen LogP) is 0.519. The number of ether oxygens (including phenoxy) is 2. The van der Waals surface area contributed by atoms with Crippen molar-refractivity contribution in [1.29, 1.82) is 0 Å². The Labute approximate surface area is 159 Å². The van der Waals surface area contributed by atoms with Gasteiger partial charge in [0.25, 0.3) is 0 Å². The van der Waals surface area contributed by atoms with Gasteiger partial charge in [-0.3, -0.25) is 0 Å². The standard InChI is InChI=1S/C18H27BN2O6/c1-12-14(16(22)26-5)10-13(11-15(12)19(24)25)20-6-8-21(9-7-20)17(23)27-18(2,3)4/h10-11,24-25H,6-9H2,1-5H3. The molecular formula is C18H27BN2O6. The molecule has 1 heterocycles. The van der Waals surface area contributed by atoms with Crippen LogP contribution in [-0.4, -0.2) is 73.0 Å². The summed E-state index contributed by atoms with van der Waals surface area (Å²) in [5.74, 6) is -0.538. The van der Waals surface area contributed by atoms with Gasteiger partial charge in [-0.15, -0.1) is 0 Å². The number of hydrogen-bond acceptors (Lipinski definition) is 7. The maximum Gasteiger partial charge on any atom is 0.488 e. The summed E-state index contributed by atoms with van der Waals surface area (Å²) in [4.78, 5) is 27.9. The van der Waals surface area contributed by atoms with Crippen LogP contribution in [0.4, 0.5) is 10.5 Å². The van der Waals surface area contributed by atoms with E-state index in [0.29, 0.717) is 37.4 Å². The molecule has 0 saturated carbocycles. The van der Waals surface area contributed by atoms with Crippen LogP contribution < -0.4 is 10.4 Å². The third-order valence-corrected chi connectivity index (χ3v) is 4.41. The van der Waals surface area contributed by atoms with Gasteiger partial charge in [-0.25, -0.2) is 9.59 Å². The number of piperazine rings is 1. The normalized spacial score (nSPS) is 14.8. The molecule has 8 nitrogen and oxygen atoms in total. The minimum absolute atomic E-state index is 0.252. The molecule has 0 aliphatic carbocycles. The summed E-state index contributed by atoms with van der Waals surface area (Å²) in [6.07, 6.45) is -0.354. The molecule has 2 N–H and O–H groups in total. The number of anilines is 1. The molecule has 0 aromatic heterocycles. The van der Waals surface area contributed by atoms with Gasteiger partial charge in [0.1, 0.15) is 5.60 Å². The Kier molecular flexibility index (Phi) is 6.38. The molecule has 1 saturated heterocycles. The number of esters is 1. The van der Waals surface area contributed by atoms with Gasteiger partial charge in [0.15, 0.2) is 0 Å². The second-order valence-corrected chi connectivity index (χ2v) is 7.53. The molecule has 0 radical (unpaired) electrons. The van der Waals surface area contributed by atoms with E-state index in [1.165, 1.54) is 7.11 Å². The van der Waals surface area contributed by atoms with Gasteiger partial charge < -0.3 is 29.3 Å². The van der Waals surface area contributed by atoms with Gasteiger partial charge in [-0.2, -0.15) is 0 Å². The fourth-order valence-corrected chi connectivity index (χ4v) is 2.97. The Hall–Kier alpha value is -2.26. The van der Waals surface area contributed by atoms with Gasteiger partial charge in [0.05, 0.1) is 12.7 Å². The van der Waals surface area contributed by atoms with Crippen LogP contribution in [0.5, 0.6) is 0 Å². The zero-order valence-corrected chi connectivity index (χ0v) is 16.5. The Bertz CT molecular complexity index is 709. The zero-order chi connectivity index (χ0) is 20.4. The Morgan fingerprint density at radius 1 is 1.11 bits per heavy atom. The van der Waals surface area contributed by atoms with Crippen LogP contribution in [0.25, 0.3) is 0 Å². The molecule has 148 valence electrons. The molecule has 0 spiro atoms. The SMILES string of the molecule is COC(=O)c1cc(N2CCN(C(=O)OC(C)(C)C)CC2)cc(B(O)O)c1C. The largest absolute Gasteiger partial charge is 0.488 e. The number of nitrogens with zero attached hydrogens (tertiary/aromatic N) is 2. The molecule has 0 atom stereocenters. The van der Waals surface area contributed by atoms with Crippen LogP contribution >= 0.6 is 0 Å². The smallest absolute Gasteiger partial charge is 0.465 e. The molecule has 1 aromatic carbocycles.